The summed E-state index contributed by atoms with van der Waals surface area (Å²) in [7, 11) is -3.45. The van der Waals surface area contributed by atoms with Crippen molar-refractivity contribution in [2.45, 2.75) is 38.6 Å². The third-order valence-corrected chi connectivity index (χ3v) is 5.36. The molecule has 3 N–H and O–H groups in total. The molecule has 0 aliphatic heterocycles. The number of nitrogens with two attached hydrogens (primary N) is 1. The monoisotopic (exact) mass is 276 g/mol. The summed E-state index contributed by atoms with van der Waals surface area (Å²) < 4.78 is 27.0. The van der Waals surface area contributed by atoms with Gasteiger partial charge in [0.1, 0.15) is 0 Å². The average Bonchev–Trinajstić information content (AvgIpc) is 2.54. The first-order valence-electron chi connectivity index (χ1n) is 5.57. The highest BCUT2D eigenvalue weighted by Gasteiger charge is 2.24. The largest absolute Gasteiger partial charge is 0.329 e. The van der Waals surface area contributed by atoms with E-state index in [2.05, 4.69) is 4.72 Å². The van der Waals surface area contributed by atoms with Crippen molar-refractivity contribution < 1.29 is 8.42 Å². The molecule has 1 unspecified atom stereocenters. The van der Waals surface area contributed by atoms with Gasteiger partial charge in [0.05, 0.1) is 4.90 Å². The fourth-order valence-corrected chi connectivity index (χ4v) is 4.55. The minimum atomic E-state index is -3.45. The Kier molecular flexibility index (Phi) is 4.71. The maximum absolute atomic E-state index is 12.2. The molecular formula is C11H20N2O2S2. The number of hydrogen-bond acceptors (Lipinski definition) is 4. The van der Waals surface area contributed by atoms with Gasteiger partial charge in [-0.2, -0.15) is 0 Å². The summed E-state index contributed by atoms with van der Waals surface area (Å²) in [6.07, 6.45) is 0. The normalized spacial score (nSPS) is 14.2. The Bertz CT molecular complexity index is 478. The van der Waals surface area contributed by atoms with E-state index < -0.39 is 10.0 Å². The smallest absolute Gasteiger partial charge is 0.241 e. The maximum Gasteiger partial charge on any atom is 0.241 e. The maximum atomic E-state index is 12.2. The van der Waals surface area contributed by atoms with E-state index in [1.165, 1.54) is 11.3 Å². The third kappa shape index (κ3) is 3.51. The summed E-state index contributed by atoms with van der Waals surface area (Å²) in [6.45, 7) is 7.93. The van der Waals surface area contributed by atoms with Gasteiger partial charge in [-0.05, 0) is 25.8 Å². The molecule has 1 heterocycles. The molecule has 0 bridgehead atoms. The number of rotatable bonds is 5. The fraction of sp³-hybridized carbons (Fsp3) is 0.636. The van der Waals surface area contributed by atoms with Crippen molar-refractivity contribution in [3.8, 4) is 0 Å². The third-order valence-electron chi connectivity index (χ3n) is 2.65. The minimum absolute atomic E-state index is 0.176. The molecule has 0 fully saturated rings. The number of aryl methyl sites for hydroxylation is 2. The molecule has 0 amide bonds. The molecule has 1 atom stereocenters. The SMILES string of the molecule is Cc1cc(S(=O)(=O)NC(CN)C(C)C)c(C)s1. The zero-order chi connectivity index (χ0) is 13.2. The number of hydrogen-bond donors (Lipinski definition) is 2. The highest BCUT2D eigenvalue weighted by molar-refractivity contribution is 7.89. The van der Waals surface area contributed by atoms with Gasteiger partial charge in [0.15, 0.2) is 0 Å². The number of thiophene rings is 1. The van der Waals surface area contributed by atoms with E-state index in [0.717, 1.165) is 9.75 Å². The summed E-state index contributed by atoms with van der Waals surface area (Å²) in [5.74, 6) is 0.176. The summed E-state index contributed by atoms with van der Waals surface area (Å²) in [4.78, 5) is 2.19. The number of nitrogens with one attached hydrogen (secondary N) is 1. The molecule has 0 saturated carbocycles. The minimum Gasteiger partial charge on any atom is -0.329 e. The predicted molar refractivity (Wildman–Crippen MR) is 71.8 cm³/mol. The van der Waals surface area contributed by atoms with Crippen LogP contribution in [0.1, 0.15) is 23.6 Å². The molecular weight excluding hydrogens is 256 g/mol. The Morgan fingerprint density at radius 1 is 1.41 bits per heavy atom. The van der Waals surface area contributed by atoms with Gasteiger partial charge >= 0.3 is 0 Å². The summed E-state index contributed by atoms with van der Waals surface area (Å²) in [6, 6.07) is 1.48. The quantitative estimate of drug-likeness (QED) is 0.858. The molecule has 0 radical (unpaired) electrons. The number of sulfonamides is 1. The zero-order valence-corrected chi connectivity index (χ0v) is 12.3. The fourth-order valence-electron chi connectivity index (χ4n) is 1.59. The van der Waals surface area contributed by atoms with Crippen LogP contribution in [0.5, 0.6) is 0 Å². The van der Waals surface area contributed by atoms with Crippen LogP contribution in [-0.4, -0.2) is 21.0 Å². The van der Waals surface area contributed by atoms with Crippen molar-refractivity contribution in [3.63, 3.8) is 0 Å². The lowest BCUT2D eigenvalue weighted by atomic mass is 10.1. The molecule has 4 nitrogen and oxygen atoms in total. The van der Waals surface area contributed by atoms with Crippen LogP contribution in [0.15, 0.2) is 11.0 Å². The van der Waals surface area contributed by atoms with Gasteiger partial charge in [-0.1, -0.05) is 13.8 Å². The first kappa shape index (κ1) is 14.6. The van der Waals surface area contributed by atoms with Crippen LogP contribution in [-0.2, 0) is 10.0 Å². The van der Waals surface area contributed by atoms with Gasteiger partial charge < -0.3 is 5.73 Å². The molecule has 1 aromatic heterocycles. The first-order chi connectivity index (χ1) is 7.77. The van der Waals surface area contributed by atoms with Gasteiger partial charge in [0, 0.05) is 22.3 Å². The van der Waals surface area contributed by atoms with Gasteiger partial charge in [-0.3, -0.25) is 0 Å². The van der Waals surface area contributed by atoms with E-state index in [-0.39, 0.29) is 12.0 Å². The Balaban J connectivity index is 3.00. The Hall–Kier alpha value is -0.430. The van der Waals surface area contributed by atoms with E-state index in [1.807, 2.05) is 27.7 Å². The van der Waals surface area contributed by atoms with Crippen LogP contribution in [0, 0.1) is 19.8 Å². The van der Waals surface area contributed by atoms with Crippen molar-refractivity contribution in [2.75, 3.05) is 6.54 Å². The molecule has 6 heteroatoms. The summed E-state index contributed by atoms with van der Waals surface area (Å²) in [5, 5.41) is 0. The van der Waals surface area contributed by atoms with E-state index in [9.17, 15) is 8.42 Å². The Morgan fingerprint density at radius 2 is 2.00 bits per heavy atom. The van der Waals surface area contributed by atoms with Crippen LogP contribution >= 0.6 is 11.3 Å². The first-order valence-corrected chi connectivity index (χ1v) is 7.87. The highest BCUT2D eigenvalue weighted by Crippen LogP contribution is 2.25. The molecule has 0 spiro atoms. The molecule has 1 rings (SSSR count). The highest BCUT2D eigenvalue weighted by atomic mass is 32.2. The lowest BCUT2D eigenvalue weighted by Crippen LogP contribution is -2.43. The van der Waals surface area contributed by atoms with Crippen molar-refractivity contribution in [2.24, 2.45) is 11.7 Å². The van der Waals surface area contributed by atoms with Crippen molar-refractivity contribution in [3.05, 3.63) is 15.8 Å². The molecule has 0 aliphatic rings. The van der Waals surface area contributed by atoms with E-state index in [1.54, 1.807) is 6.07 Å². The topological polar surface area (TPSA) is 72.2 Å². The van der Waals surface area contributed by atoms with Crippen molar-refractivity contribution in [1.29, 1.82) is 0 Å². The van der Waals surface area contributed by atoms with Crippen LogP contribution < -0.4 is 10.5 Å². The average molecular weight is 276 g/mol. The van der Waals surface area contributed by atoms with Crippen LogP contribution in [0.2, 0.25) is 0 Å². The van der Waals surface area contributed by atoms with Crippen molar-refractivity contribution >= 4 is 21.4 Å². The molecule has 98 valence electrons. The van der Waals surface area contributed by atoms with Gasteiger partial charge in [0.25, 0.3) is 0 Å². The van der Waals surface area contributed by atoms with Gasteiger partial charge in [-0.15, -0.1) is 11.3 Å². The van der Waals surface area contributed by atoms with Crippen LogP contribution in [0.3, 0.4) is 0 Å². The van der Waals surface area contributed by atoms with Crippen LogP contribution in [0.4, 0.5) is 0 Å². The lowest BCUT2D eigenvalue weighted by Gasteiger charge is -2.20. The summed E-state index contributed by atoms with van der Waals surface area (Å²) in [5.41, 5.74) is 5.58. The Morgan fingerprint density at radius 3 is 2.35 bits per heavy atom. The summed E-state index contributed by atoms with van der Waals surface area (Å²) >= 11 is 1.49. The van der Waals surface area contributed by atoms with E-state index in [4.69, 9.17) is 5.73 Å². The van der Waals surface area contributed by atoms with Gasteiger partial charge in [-0.25, -0.2) is 13.1 Å². The molecule has 0 aliphatic carbocycles. The molecule has 0 saturated heterocycles. The Labute approximate surface area is 107 Å². The second-order valence-electron chi connectivity index (χ2n) is 4.48. The molecule has 1 aromatic rings. The van der Waals surface area contributed by atoms with Gasteiger partial charge in [0.2, 0.25) is 10.0 Å². The van der Waals surface area contributed by atoms with E-state index in [0.29, 0.717) is 11.4 Å². The van der Waals surface area contributed by atoms with Crippen LogP contribution in [0.25, 0.3) is 0 Å². The van der Waals surface area contributed by atoms with Crippen molar-refractivity contribution in [1.82, 2.24) is 4.72 Å². The second kappa shape index (κ2) is 5.48. The standard InChI is InChI=1S/C11H20N2O2S2/c1-7(2)10(6-12)13-17(14,15)11-5-8(3)16-9(11)4/h5,7,10,13H,6,12H2,1-4H3. The van der Waals surface area contributed by atoms with E-state index >= 15 is 0 Å². The lowest BCUT2D eigenvalue weighted by molar-refractivity contribution is 0.455. The molecule has 17 heavy (non-hydrogen) atoms. The predicted octanol–water partition coefficient (Wildman–Crippen LogP) is 1.63. The molecule has 0 aromatic carbocycles. The second-order valence-corrected chi connectivity index (χ2v) is 7.63. The zero-order valence-electron chi connectivity index (χ0n) is 10.6.